The highest BCUT2D eigenvalue weighted by Gasteiger charge is 2.11. The van der Waals surface area contributed by atoms with E-state index in [-0.39, 0.29) is 11.7 Å². The van der Waals surface area contributed by atoms with Gasteiger partial charge in [-0.05, 0) is 30.7 Å². The van der Waals surface area contributed by atoms with Gasteiger partial charge in [-0.3, -0.25) is 15.4 Å². The van der Waals surface area contributed by atoms with Crippen molar-refractivity contribution < 1.29 is 0 Å². The molecule has 0 aliphatic heterocycles. The SMILES string of the molecule is C/N=C(C(=N)Nc1cc(C)cc(Cl)c1)\C(N)=N/C. The number of nitrogens with one attached hydrogen (secondary N) is 2. The molecule has 0 spiro atoms. The molecule has 1 aromatic rings. The Morgan fingerprint density at radius 3 is 2.44 bits per heavy atom. The summed E-state index contributed by atoms with van der Waals surface area (Å²) in [6.07, 6.45) is 0. The second-order valence-corrected chi connectivity index (χ2v) is 4.13. The van der Waals surface area contributed by atoms with Gasteiger partial charge in [-0.25, -0.2) is 0 Å². The maximum absolute atomic E-state index is 7.91. The molecule has 0 fully saturated rings. The van der Waals surface area contributed by atoms with Crippen LogP contribution in [-0.4, -0.2) is 31.5 Å². The van der Waals surface area contributed by atoms with Crippen molar-refractivity contribution in [1.82, 2.24) is 0 Å². The number of hydrogen-bond acceptors (Lipinski definition) is 3. The first-order chi connectivity index (χ1) is 8.47. The third kappa shape index (κ3) is 3.56. The monoisotopic (exact) mass is 265 g/mol. The maximum Gasteiger partial charge on any atom is 0.152 e. The minimum absolute atomic E-state index is 0.0854. The summed E-state index contributed by atoms with van der Waals surface area (Å²) in [5.41, 5.74) is 7.69. The zero-order chi connectivity index (χ0) is 13.7. The number of anilines is 1. The lowest BCUT2D eigenvalue weighted by atomic mass is 10.2. The molecule has 0 bridgehead atoms. The lowest BCUT2D eigenvalue weighted by Crippen LogP contribution is -2.34. The second-order valence-electron chi connectivity index (χ2n) is 3.70. The van der Waals surface area contributed by atoms with Crippen molar-refractivity contribution in [2.24, 2.45) is 15.7 Å². The summed E-state index contributed by atoms with van der Waals surface area (Å²) in [5.74, 6) is 0.302. The molecule has 0 aliphatic rings. The number of nitrogens with two attached hydrogens (primary N) is 1. The first kappa shape index (κ1) is 14.2. The Morgan fingerprint density at radius 1 is 1.28 bits per heavy atom. The number of nitrogens with zero attached hydrogens (tertiary/aromatic N) is 2. The molecule has 0 saturated heterocycles. The fraction of sp³-hybridized carbons (Fsp3) is 0.250. The van der Waals surface area contributed by atoms with Crippen molar-refractivity contribution in [3.05, 3.63) is 28.8 Å². The molecule has 0 heterocycles. The van der Waals surface area contributed by atoms with Crippen LogP contribution in [0.15, 0.2) is 28.2 Å². The van der Waals surface area contributed by atoms with E-state index in [4.69, 9.17) is 22.7 Å². The van der Waals surface area contributed by atoms with Crippen molar-refractivity contribution in [3.63, 3.8) is 0 Å². The highest BCUT2D eigenvalue weighted by atomic mass is 35.5. The molecule has 6 heteroatoms. The molecular formula is C12H16ClN5. The Morgan fingerprint density at radius 2 is 1.94 bits per heavy atom. The van der Waals surface area contributed by atoms with E-state index in [0.29, 0.717) is 10.7 Å². The summed E-state index contributed by atoms with van der Waals surface area (Å²) in [5, 5.41) is 11.4. The van der Waals surface area contributed by atoms with Crippen LogP contribution in [0, 0.1) is 12.3 Å². The molecule has 0 aliphatic carbocycles. The van der Waals surface area contributed by atoms with Gasteiger partial charge in [0.1, 0.15) is 11.5 Å². The van der Waals surface area contributed by atoms with E-state index in [1.165, 1.54) is 0 Å². The number of benzene rings is 1. The molecule has 0 atom stereocenters. The minimum atomic E-state index is 0.0854. The third-order valence-corrected chi connectivity index (χ3v) is 2.47. The van der Waals surface area contributed by atoms with Gasteiger partial charge in [-0.2, -0.15) is 0 Å². The highest BCUT2D eigenvalue weighted by Crippen LogP contribution is 2.18. The number of amidine groups is 2. The topological polar surface area (TPSA) is 86.6 Å². The molecule has 4 N–H and O–H groups in total. The summed E-state index contributed by atoms with van der Waals surface area (Å²) in [4.78, 5) is 7.75. The number of aliphatic imine (C=N–C) groups is 2. The van der Waals surface area contributed by atoms with Crippen LogP contribution >= 0.6 is 11.6 Å². The van der Waals surface area contributed by atoms with Crippen LogP contribution in [0.1, 0.15) is 5.56 Å². The molecule has 1 aromatic carbocycles. The maximum atomic E-state index is 7.91. The molecule has 0 saturated carbocycles. The lowest BCUT2D eigenvalue weighted by molar-refractivity contribution is 1.39. The Labute approximate surface area is 111 Å². The van der Waals surface area contributed by atoms with Gasteiger partial charge in [0, 0.05) is 24.8 Å². The van der Waals surface area contributed by atoms with E-state index in [1.54, 1.807) is 20.2 Å². The van der Waals surface area contributed by atoms with E-state index < -0.39 is 0 Å². The first-order valence-electron chi connectivity index (χ1n) is 5.30. The van der Waals surface area contributed by atoms with Crippen LogP contribution < -0.4 is 11.1 Å². The molecular weight excluding hydrogens is 250 g/mol. The number of rotatable bonds is 3. The van der Waals surface area contributed by atoms with Crippen molar-refractivity contribution in [3.8, 4) is 0 Å². The molecule has 0 unspecified atom stereocenters. The zero-order valence-electron chi connectivity index (χ0n) is 10.6. The number of halogens is 1. The lowest BCUT2D eigenvalue weighted by Gasteiger charge is -2.10. The Kier molecular flexibility index (Phi) is 4.85. The predicted molar refractivity (Wildman–Crippen MR) is 78.4 cm³/mol. The van der Waals surface area contributed by atoms with Crippen molar-refractivity contribution in [2.45, 2.75) is 6.92 Å². The van der Waals surface area contributed by atoms with Crippen LogP contribution in [0.5, 0.6) is 0 Å². The standard InChI is InChI=1S/C12H16ClN5/c1-7-4-8(13)6-9(5-7)18-12(15)10(16-2)11(14)17-3/h4-6H,1-3H3,(H2,14,17)(H2,15,18)/b16-10+. The van der Waals surface area contributed by atoms with Crippen LogP contribution in [0.25, 0.3) is 0 Å². The van der Waals surface area contributed by atoms with Crippen LogP contribution in [0.4, 0.5) is 5.69 Å². The second kappa shape index (κ2) is 6.16. The van der Waals surface area contributed by atoms with Gasteiger partial charge in [0.15, 0.2) is 5.84 Å². The van der Waals surface area contributed by atoms with Gasteiger partial charge in [-0.15, -0.1) is 0 Å². The molecule has 1 rings (SSSR count). The number of aryl methyl sites for hydroxylation is 1. The van der Waals surface area contributed by atoms with Gasteiger partial charge in [0.25, 0.3) is 0 Å². The first-order valence-corrected chi connectivity index (χ1v) is 5.68. The molecule has 0 amide bonds. The summed E-state index contributed by atoms with van der Waals surface area (Å²) in [6.45, 7) is 1.93. The molecule has 18 heavy (non-hydrogen) atoms. The Bertz CT molecular complexity index is 499. The number of hydrogen-bond donors (Lipinski definition) is 3. The van der Waals surface area contributed by atoms with Crippen molar-refractivity contribution in [2.75, 3.05) is 19.4 Å². The fourth-order valence-electron chi connectivity index (χ4n) is 1.47. The predicted octanol–water partition coefficient (Wildman–Crippen LogP) is 2.10. The van der Waals surface area contributed by atoms with Crippen LogP contribution in [0.2, 0.25) is 5.02 Å². The molecule has 96 valence electrons. The van der Waals surface area contributed by atoms with Gasteiger partial charge in [-0.1, -0.05) is 11.6 Å². The summed E-state index contributed by atoms with van der Waals surface area (Å²) >= 11 is 5.95. The van der Waals surface area contributed by atoms with Crippen LogP contribution in [0.3, 0.4) is 0 Å². The van der Waals surface area contributed by atoms with E-state index in [1.807, 2.05) is 19.1 Å². The molecule has 5 nitrogen and oxygen atoms in total. The van der Waals surface area contributed by atoms with Gasteiger partial charge < -0.3 is 11.1 Å². The van der Waals surface area contributed by atoms with Crippen LogP contribution in [-0.2, 0) is 0 Å². The summed E-state index contributed by atoms with van der Waals surface area (Å²) < 4.78 is 0. The van der Waals surface area contributed by atoms with E-state index in [9.17, 15) is 0 Å². The van der Waals surface area contributed by atoms with Crippen molar-refractivity contribution in [1.29, 1.82) is 5.41 Å². The molecule has 0 aromatic heterocycles. The fourth-order valence-corrected chi connectivity index (χ4v) is 1.76. The van der Waals surface area contributed by atoms with Gasteiger partial charge in [0.2, 0.25) is 0 Å². The summed E-state index contributed by atoms with van der Waals surface area (Å²) in [6, 6.07) is 5.45. The Hall–Kier alpha value is -1.88. The summed E-state index contributed by atoms with van der Waals surface area (Å²) in [7, 11) is 3.12. The van der Waals surface area contributed by atoms with Crippen molar-refractivity contribution >= 4 is 34.7 Å². The molecule has 0 radical (unpaired) electrons. The third-order valence-electron chi connectivity index (χ3n) is 2.26. The largest absolute Gasteiger partial charge is 0.382 e. The van der Waals surface area contributed by atoms with E-state index >= 15 is 0 Å². The Balaban J connectivity index is 2.94. The quantitative estimate of drug-likeness (QED) is 0.577. The smallest absolute Gasteiger partial charge is 0.152 e. The zero-order valence-corrected chi connectivity index (χ0v) is 11.3. The minimum Gasteiger partial charge on any atom is -0.382 e. The van der Waals surface area contributed by atoms with Gasteiger partial charge >= 0.3 is 0 Å². The van der Waals surface area contributed by atoms with E-state index in [0.717, 1.165) is 11.3 Å². The van der Waals surface area contributed by atoms with E-state index in [2.05, 4.69) is 15.3 Å². The normalized spacial score (nSPS) is 12.4. The van der Waals surface area contributed by atoms with Gasteiger partial charge in [0.05, 0.1) is 0 Å². The average molecular weight is 266 g/mol. The highest BCUT2D eigenvalue weighted by molar-refractivity contribution is 6.68. The average Bonchev–Trinajstić information content (AvgIpc) is 2.28.